The zero-order valence-corrected chi connectivity index (χ0v) is 13.5. The average Bonchev–Trinajstić information content (AvgIpc) is 2.60. The Bertz CT molecular complexity index is 886. The Labute approximate surface area is 138 Å². The summed E-state index contributed by atoms with van der Waals surface area (Å²) < 4.78 is 48.3. The summed E-state index contributed by atoms with van der Waals surface area (Å²) in [4.78, 5) is 0. The fraction of sp³-hybridized carbons (Fsp3) is 0.200. The molecule has 4 heteroatoms. The molecule has 1 nitrogen and oxygen atoms in total. The number of ether oxygens (including phenoxy) is 1. The molecule has 0 heterocycles. The van der Waals surface area contributed by atoms with Gasteiger partial charge in [0, 0.05) is 5.56 Å². The molecule has 0 aliphatic rings. The molecule has 124 valence electrons. The highest BCUT2D eigenvalue weighted by Crippen LogP contribution is 2.35. The van der Waals surface area contributed by atoms with Crippen LogP contribution in [0.15, 0.2) is 42.5 Å². The lowest BCUT2D eigenvalue weighted by atomic mass is 9.98. The Morgan fingerprint density at radius 3 is 2.17 bits per heavy atom. The molecule has 0 radical (unpaired) electrons. The van der Waals surface area contributed by atoms with Gasteiger partial charge in [0.25, 0.3) is 0 Å². The van der Waals surface area contributed by atoms with Crippen molar-refractivity contribution in [2.75, 3.05) is 6.61 Å². The van der Waals surface area contributed by atoms with Crippen LogP contribution in [-0.4, -0.2) is 6.61 Å². The van der Waals surface area contributed by atoms with Gasteiger partial charge in [-0.05, 0) is 35.9 Å². The normalized spacial score (nSPS) is 11.0. The molecule has 0 aliphatic heterocycles. The Morgan fingerprint density at radius 1 is 0.833 bits per heavy atom. The van der Waals surface area contributed by atoms with Crippen molar-refractivity contribution in [1.29, 1.82) is 0 Å². The molecule has 0 bridgehead atoms. The van der Waals surface area contributed by atoms with E-state index < -0.39 is 17.5 Å². The topological polar surface area (TPSA) is 9.23 Å². The van der Waals surface area contributed by atoms with Crippen LogP contribution >= 0.6 is 0 Å². The molecule has 3 rings (SSSR count). The van der Waals surface area contributed by atoms with Gasteiger partial charge in [-0.3, -0.25) is 0 Å². The van der Waals surface area contributed by atoms with E-state index in [0.717, 1.165) is 12.0 Å². The Kier molecular flexibility index (Phi) is 4.47. The summed E-state index contributed by atoms with van der Waals surface area (Å²) in [6.07, 6.45) is 0.876. The minimum Gasteiger partial charge on any atom is -0.491 e. The molecule has 0 saturated carbocycles. The van der Waals surface area contributed by atoms with Crippen LogP contribution < -0.4 is 4.74 Å². The molecule has 0 fully saturated rings. The van der Waals surface area contributed by atoms with E-state index in [-0.39, 0.29) is 28.7 Å². The van der Waals surface area contributed by atoms with Crippen LogP contribution in [0.1, 0.15) is 19.4 Å². The number of fused-ring (bicyclic) bond motifs is 1. The van der Waals surface area contributed by atoms with Gasteiger partial charge in [0.1, 0.15) is 5.82 Å². The van der Waals surface area contributed by atoms with Crippen molar-refractivity contribution in [3.05, 3.63) is 65.5 Å². The Morgan fingerprint density at radius 2 is 1.54 bits per heavy atom. The summed E-state index contributed by atoms with van der Waals surface area (Å²) in [7, 11) is 0. The Balaban J connectivity index is 2.20. The minimum absolute atomic E-state index is 0.201. The summed E-state index contributed by atoms with van der Waals surface area (Å²) in [5.41, 5.74) is 1.99. The minimum atomic E-state index is -1.22. The fourth-order valence-electron chi connectivity index (χ4n) is 2.76. The Hall–Kier alpha value is -2.49. The molecule has 0 atom stereocenters. The van der Waals surface area contributed by atoms with Gasteiger partial charge in [0.15, 0.2) is 11.6 Å². The smallest absolute Gasteiger partial charge is 0.201 e. The predicted molar refractivity (Wildman–Crippen MR) is 89.8 cm³/mol. The first kappa shape index (κ1) is 16.4. The predicted octanol–water partition coefficient (Wildman–Crippen LogP) is 5.89. The number of hydrogen-bond acceptors (Lipinski definition) is 1. The lowest BCUT2D eigenvalue weighted by Crippen LogP contribution is -1.99. The summed E-state index contributed by atoms with van der Waals surface area (Å²) in [5, 5.41) is -0.0863. The molecule has 0 N–H and O–H groups in total. The van der Waals surface area contributed by atoms with Gasteiger partial charge >= 0.3 is 0 Å². The average molecular weight is 330 g/mol. The van der Waals surface area contributed by atoms with Crippen molar-refractivity contribution in [3.8, 4) is 16.9 Å². The van der Waals surface area contributed by atoms with Gasteiger partial charge in [-0.15, -0.1) is 0 Å². The van der Waals surface area contributed by atoms with E-state index in [2.05, 4.69) is 0 Å². The number of rotatable bonds is 4. The molecule has 0 aliphatic carbocycles. The fourth-order valence-corrected chi connectivity index (χ4v) is 2.76. The summed E-state index contributed by atoms with van der Waals surface area (Å²) >= 11 is 0. The highest BCUT2D eigenvalue weighted by Gasteiger charge is 2.20. The quantitative estimate of drug-likeness (QED) is 0.580. The molecule has 0 saturated heterocycles. The van der Waals surface area contributed by atoms with E-state index in [0.29, 0.717) is 5.56 Å². The molecule has 0 unspecified atom stereocenters. The molecule has 0 aromatic heterocycles. The van der Waals surface area contributed by atoms with Crippen molar-refractivity contribution in [3.63, 3.8) is 0 Å². The van der Waals surface area contributed by atoms with Crippen LogP contribution in [0.4, 0.5) is 13.2 Å². The van der Waals surface area contributed by atoms with Crippen molar-refractivity contribution < 1.29 is 17.9 Å². The number of hydrogen-bond donors (Lipinski definition) is 0. The molecule has 0 amide bonds. The van der Waals surface area contributed by atoms with Gasteiger partial charge in [-0.25, -0.2) is 8.78 Å². The SMILES string of the molecule is CCOc1cc2ccc(-c3ccc(CC)cc3)c(F)c2c(F)c1F. The maximum absolute atomic E-state index is 14.8. The van der Waals surface area contributed by atoms with Crippen molar-refractivity contribution in [2.45, 2.75) is 20.3 Å². The standard InChI is InChI=1S/C20H17F3O/c1-3-12-5-7-13(8-6-12)15-10-9-14-11-16(24-4-2)19(22)20(23)17(14)18(15)21/h5-11H,3-4H2,1-2H3. The second-order valence-electron chi connectivity index (χ2n) is 5.51. The van der Waals surface area contributed by atoms with E-state index in [1.165, 1.54) is 6.07 Å². The van der Waals surface area contributed by atoms with Crippen molar-refractivity contribution in [2.24, 2.45) is 0 Å². The van der Waals surface area contributed by atoms with E-state index in [1.807, 2.05) is 19.1 Å². The van der Waals surface area contributed by atoms with Gasteiger partial charge in [-0.1, -0.05) is 43.3 Å². The van der Waals surface area contributed by atoms with E-state index in [9.17, 15) is 13.2 Å². The summed E-state index contributed by atoms with van der Waals surface area (Å²) in [6, 6.07) is 11.8. The lowest BCUT2D eigenvalue weighted by molar-refractivity contribution is 0.315. The van der Waals surface area contributed by atoms with Crippen molar-refractivity contribution in [1.82, 2.24) is 0 Å². The molecule has 24 heavy (non-hydrogen) atoms. The van der Waals surface area contributed by atoms with E-state index in [1.54, 1.807) is 31.2 Å². The largest absolute Gasteiger partial charge is 0.491 e. The van der Waals surface area contributed by atoms with Crippen LogP contribution in [0.2, 0.25) is 0 Å². The third kappa shape index (κ3) is 2.73. The third-order valence-corrected chi connectivity index (χ3v) is 4.06. The first-order chi connectivity index (χ1) is 11.6. The maximum Gasteiger partial charge on any atom is 0.201 e. The van der Waals surface area contributed by atoms with Gasteiger partial charge < -0.3 is 4.74 Å². The van der Waals surface area contributed by atoms with Crippen LogP contribution in [0.3, 0.4) is 0 Å². The molecular formula is C20H17F3O. The third-order valence-electron chi connectivity index (χ3n) is 4.06. The highest BCUT2D eigenvalue weighted by molar-refractivity contribution is 5.90. The lowest BCUT2D eigenvalue weighted by Gasteiger charge is -2.11. The number of aryl methyl sites for hydroxylation is 1. The monoisotopic (exact) mass is 330 g/mol. The molecule has 3 aromatic carbocycles. The summed E-state index contributed by atoms with van der Waals surface area (Å²) in [5.74, 6) is -3.36. The van der Waals surface area contributed by atoms with Crippen LogP contribution in [0.5, 0.6) is 5.75 Å². The van der Waals surface area contributed by atoms with Gasteiger partial charge in [-0.2, -0.15) is 4.39 Å². The first-order valence-corrected chi connectivity index (χ1v) is 7.89. The van der Waals surface area contributed by atoms with Crippen LogP contribution in [-0.2, 0) is 6.42 Å². The molecule has 0 spiro atoms. The summed E-state index contributed by atoms with van der Waals surface area (Å²) in [6.45, 7) is 3.90. The van der Waals surface area contributed by atoms with E-state index in [4.69, 9.17) is 4.74 Å². The van der Waals surface area contributed by atoms with Gasteiger partial charge in [0.2, 0.25) is 5.82 Å². The number of benzene rings is 3. The zero-order chi connectivity index (χ0) is 17.3. The van der Waals surface area contributed by atoms with Crippen LogP contribution in [0.25, 0.3) is 21.9 Å². The maximum atomic E-state index is 14.8. The highest BCUT2D eigenvalue weighted by atomic mass is 19.2. The molecular weight excluding hydrogens is 313 g/mol. The number of halogens is 3. The zero-order valence-electron chi connectivity index (χ0n) is 13.5. The second-order valence-corrected chi connectivity index (χ2v) is 5.51. The van der Waals surface area contributed by atoms with E-state index >= 15 is 0 Å². The van der Waals surface area contributed by atoms with Gasteiger partial charge in [0.05, 0.1) is 12.0 Å². The first-order valence-electron chi connectivity index (χ1n) is 7.89. The van der Waals surface area contributed by atoms with Crippen LogP contribution in [0, 0.1) is 17.5 Å². The molecule has 3 aromatic rings. The van der Waals surface area contributed by atoms with Crippen molar-refractivity contribution >= 4 is 10.8 Å². The second kappa shape index (κ2) is 6.56.